The molecule has 0 radical (unpaired) electrons. The minimum Gasteiger partial charge on any atom is -0.465 e. The maximum Gasteiger partial charge on any atom is 0.337 e. The Labute approximate surface area is 242 Å². The number of nitrogens with one attached hydrogen (secondary N) is 2. The van der Waals surface area contributed by atoms with Gasteiger partial charge in [0.05, 0.1) is 36.2 Å². The molecule has 2 N–H and O–H groups in total. The molecular weight excluding hydrogens is 544 g/mol. The van der Waals surface area contributed by atoms with Crippen molar-refractivity contribution in [1.82, 2.24) is 9.80 Å². The Morgan fingerprint density at radius 3 is 2.31 bits per heavy atom. The molecule has 0 aliphatic carbocycles. The Morgan fingerprint density at radius 2 is 1.67 bits per heavy atom. The van der Waals surface area contributed by atoms with Gasteiger partial charge in [-0.25, -0.2) is 9.69 Å². The van der Waals surface area contributed by atoms with Gasteiger partial charge >= 0.3 is 5.97 Å². The highest BCUT2D eigenvalue weighted by Crippen LogP contribution is 2.38. The molecule has 3 aromatic carbocycles. The van der Waals surface area contributed by atoms with Gasteiger partial charge in [-0.2, -0.15) is 8.78 Å². The van der Waals surface area contributed by atoms with Crippen LogP contribution in [-0.2, 0) is 14.3 Å². The molecule has 2 aliphatic rings. The summed E-state index contributed by atoms with van der Waals surface area (Å²) in [5.74, 6) is -0.947. The molecular formula is C31H31F2N5O4. The van der Waals surface area contributed by atoms with Crippen molar-refractivity contribution in [3.8, 4) is 0 Å². The number of rotatable bonds is 8. The molecule has 0 unspecified atom stereocenters. The molecule has 2 aliphatic heterocycles. The molecule has 0 aromatic heterocycles. The third-order valence-corrected chi connectivity index (χ3v) is 7.44. The summed E-state index contributed by atoms with van der Waals surface area (Å²) in [6, 6.07) is 21.6. The second kappa shape index (κ2) is 12.5. The van der Waals surface area contributed by atoms with Crippen molar-refractivity contribution in [1.29, 1.82) is 0 Å². The van der Waals surface area contributed by atoms with Crippen molar-refractivity contribution in [2.75, 3.05) is 62.4 Å². The minimum absolute atomic E-state index is 0.140. The lowest BCUT2D eigenvalue weighted by Gasteiger charge is -2.34. The zero-order valence-electron chi connectivity index (χ0n) is 23.3. The van der Waals surface area contributed by atoms with Gasteiger partial charge in [0, 0.05) is 50.2 Å². The second-order valence-electron chi connectivity index (χ2n) is 10.0. The molecule has 1 saturated heterocycles. The number of likely N-dealkylation sites (N-methyl/N-ethyl adjacent to an activating group) is 1. The van der Waals surface area contributed by atoms with Crippen LogP contribution in [-0.4, -0.2) is 81.0 Å². The number of carbonyl (C=O) groups excluding carboxylic acids is 3. The van der Waals surface area contributed by atoms with Gasteiger partial charge in [0.2, 0.25) is 5.91 Å². The fourth-order valence-electron chi connectivity index (χ4n) is 5.02. The summed E-state index contributed by atoms with van der Waals surface area (Å²) in [6.45, 7) is -1.07. The topological polar surface area (TPSA) is 94.2 Å². The van der Waals surface area contributed by atoms with E-state index in [1.807, 2.05) is 47.4 Å². The lowest BCUT2D eigenvalue weighted by molar-refractivity contribution is -0.120. The van der Waals surface area contributed by atoms with E-state index >= 15 is 0 Å². The number of ether oxygens (including phenoxy) is 1. The molecule has 9 nitrogen and oxygen atoms in total. The second-order valence-corrected chi connectivity index (χ2v) is 10.0. The SMILES string of the molecule is COC(=O)c1ccc2c(c1)NC(=O)/C2=C(\Nc1ccc(N(C)C(=O)CN2CCN(C(F)F)CC2)cc1)c1ccccc1. The van der Waals surface area contributed by atoms with Crippen LogP contribution in [0, 0.1) is 0 Å². The molecule has 0 atom stereocenters. The average molecular weight is 576 g/mol. The molecule has 5 rings (SSSR count). The van der Waals surface area contributed by atoms with Crippen LogP contribution in [0.3, 0.4) is 0 Å². The van der Waals surface area contributed by atoms with Crippen LogP contribution in [0.4, 0.5) is 25.8 Å². The molecule has 11 heteroatoms. The van der Waals surface area contributed by atoms with Crippen LogP contribution < -0.4 is 15.5 Å². The monoisotopic (exact) mass is 575 g/mol. The van der Waals surface area contributed by atoms with Gasteiger partial charge in [-0.3, -0.25) is 14.5 Å². The summed E-state index contributed by atoms with van der Waals surface area (Å²) < 4.78 is 30.6. The number of anilines is 3. The molecule has 2 heterocycles. The highest BCUT2D eigenvalue weighted by Gasteiger charge is 2.30. The van der Waals surface area contributed by atoms with Crippen LogP contribution in [0.25, 0.3) is 11.3 Å². The highest BCUT2D eigenvalue weighted by atomic mass is 19.3. The molecule has 0 saturated carbocycles. The molecule has 1 fully saturated rings. The summed E-state index contributed by atoms with van der Waals surface area (Å²) in [7, 11) is 2.98. The third kappa shape index (κ3) is 6.17. The van der Waals surface area contributed by atoms with E-state index in [9.17, 15) is 23.2 Å². The average Bonchev–Trinajstić information content (AvgIpc) is 3.34. The van der Waals surface area contributed by atoms with Gasteiger partial charge in [0.25, 0.3) is 12.5 Å². The van der Waals surface area contributed by atoms with E-state index in [-0.39, 0.29) is 31.4 Å². The van der Waals surface area contributed by atoms with Crippen LogP contribution >= 0.6 is 0 Å². The Morgan fingerprint density at radius 1 is 0.976 bits per heavy atom. The first-order chi connectivity index (χ1) is 20.2. The largest absolute Gasteiger partial charge is 0.465 e. The normalized spacial score (nSPS) is 16.5. The van der Waals surface area contributed by atoms with Crippen LogP contribution in [0.5, 0.6) is 0 Å². The maximum absolute atomic E-state index is 13.2. The van der Waals surface area contributed by atoms with Gasteiger partial charge in [0.15, 0.2) is 0 Å². The predicted molar refractivity (Wildman–Crippen MR) is 157 cm³/mol. The smallest absolute Gasteiger partial charge is 0.337 e. The van der Waals surface area contributed by atoms with Crippen molar-refractivity contribution in [2.45, 2.75) is 6.55 Å². The fraction of sp³-hybridized carbons (Fsp3) is 0.258. The Hall–Kier alpha value is -4.61. The van der Waals surface area contributed by atoms with Crippen molar-refractivity contribution in [3.05, 3.63) is 89.5 Å². The van der Waals surface area contributed by atoms with Crippen molar-refractivity contribution in [2.24, 2.45) is 0 Å². The Bertz CT molecular complexity index is 1500. The van der Waals surface area contributed by atoms with Crippen molar-refractivity contribution >= 4 is 46.1 Å². The predicted octanol–water partition coefficient (Wildman–Crippen LogP) is 4.21. The standard InChI is InChI=1S/C31H31F2N5O4/c1-36(26(39)19-37-14-16-38(17-15-37)31(32)33)23-11-9-22(10-12-23)34-28(20-6-4-3-5-7-20)27-24-13-8-21(30(41)42-2)18-25(24)35-29(27)40/h3-13,18,31,34H,14-17,19H2,1-2H3,(H,35,40)/b28-27-. The third-order valence-electron chi connectivity index (χ3n) is 7.44. The van der Waals surface area contributed by atoms with E-state index in [4.69, 9.17) is 4.74 Å². The zero-order valence-corrected chi connectivity index (χ0v) is 23.3. The molecule has 0 spiro atoms. The Balaban J connectivity index is 1.35. The summed E-state index contributed by atoms with van der Waals surface area (Å²) >= 11 is 0. The van der Waals surface area contributed by atoms with E-state index in [1.54, 1.807) is 42.3 Å². The first-order valence-electron chi connectivity index (χ1n) is 13.5. The van der Waals surface area contributed by atoms with E-state index < -0.39 is 12.5 Å². The van der Waals surface area contributed by atoms with Gasteiger partial charge in [-0.15, -0.1) is 0 Å². The number of benzene rings is 3. The van der Waals surface area contributed by atoms with E-state index in [2.05, 4.69) is 10.6 Å². The van der Waals surface area contributed by atoms with Gasteiger partial charge in [0.1, 0.15) is 0 Å². The summed E-state index contributed by atoms with van der Waals surface area (Å²) in [5.41, 5.74) is 4.65. The zero-order chi connectivity index (χ0) is 29.8. The molecule has 0 bridgehead atoms. The number of carbonyl (C=O) groups is 3. The van der Waals surface area contributed by atoms with E-state index in [0.29, 0.717) is 52.5 Å². The van der Waals surface area contributed by atoms with Gasteiger partial charge in [-0.1, -0.05) is 36.4 Å². The summed E-state index contributed by atoms with van der Waals surface area (Å²) in [6.07, 6.45) is 0. The lowest BCUT2D eigenvalue weighted by Crippen LogP contribution is -2.50. The fourth-order valence-corrected chi connectivity index (χ4v) is 5.02. The first-order valence-corrected chi connectivity index (χ1v) is 13.5. The summed E-state index contributed by atoms with van der Waals surface area (Å²) in [4.78, 5) is 42.7. The number of methoxy groups -OCH3 is 1. The Kier molecular flexibility index (Phi) is 8.60. The highest BCUT2D eigenvalue weighted by molar-refractivity contribution is 6.37. The maximum atomic E-state index is 13.2. The number of hydrogen-bond acceptors (Lipinski definition) is 7. The molecule has 2 amide bonds. The first kappa shape index (κ1) is 28.9. The van der Waals surface area contributed by atoms with E-state index in [1.165, 1.54) is 7.11 Å². The van der Waals surface area contributed by atoms with Crippen molar-refractivity contribution in [3.63, 3.8) is 0 Å². The van der Waals surface area contributed by atoms with Crippen LogP contribution in [0.15, 0.2) is 72.8 Å². The van der Waals surface area contributed by atoms with Gasteiger partial charge in [-0.05, 0) is 42.0 Å². The molecule has 218 valence electrons. The molecule has 3 aromatic rings. The minimum atomic E-state index is -2.48. The van der Waals surface area contributed by atoms with Crippen molar-refractivity contribution < 1.29 is 27.9 Å². The van der Waals surface area contributed by atoms with Crippen LogP contribution in [0.1, 0.15) is 21.5 Å². The number of nitrogens with zero attached hydrogens (tertiary/aromatic N) is 3. The van der Waals surface area contributed by atoms with E-state index in [0.717, 1.165) is 10.5 Å². The van der Waals surface area contributed by atoms with Crippen LogP contribution in [0.2, 0.25) is 0 Å². The number of alkyl halides is 2. The number of fused-ring (bicyclic) bond motifs is 1. The number of halogens is 2. The molecule has 42 heavy (non-hydrogen) atoms. The lowest BCUT2D eigenvalue weighted by atomic mass is 9.99. The van der Waals surface area contributed by atoms with Gasteiger partial charge < -0.3 is 20.3 Å². The number of esters is 1. The summed E-state index contributed by atoms with van der Waals surface area (Å²) in [5, 5.41) is 6.23. The number of hydrogen-bond donors (Lipinski definition) is 2. The number of amides is 2. The number of piperazine rings is 1. The quantitative estimate of drug-likeness (QED) is 0.236.